The van der Waals surface area contributed by atoms with Gasteiger partial charge in [0.05, 0.1) is 16.9 Å². The summed E-state index contributed by atoms with van der Waals surface area (Å²) in [6, 6.07) is 4.27. The molecule has 1 aliphatic rings. The van der Waals surface area contributed by atoms with Crippen LogP contribution in [0.2, 0.25) is 0 Å². The number of carbonyl (C=O) groups excluding carboxylic acids is 2. The van der Waals surface area contributed by atoms with Crippen LogP contribution in [0.5, 0.6) is 0 Å². The number of primary sulfonamides is 1. The van der Waals surface area contributed by atoms with Crippen molar-refractivity contribution in [2.24, 2.45) is 5.14 Å². The molecule has 0 radical (unpaired) electrons. The van der Waals surface area contributed by atoms with Gasteiger partial charge in [-0.1, -0.05) is 13.8 Å². The van der Waals surface area contributed by atoms with Gasteiger partial charge in [0.1, 0.15) is 0 Å². The highest BCUT2D eigenvalue weighted by Crippen LogP contribution is 2.35. The molecule has 0 atom stereocenters. The molecule has 0 bridgehead atoms. The van der Waals surface area contributed by atoms with Gasteiger partial charge >= 0.3 is 0 Å². The molecule has 10 heteroatoms. The van der Waals surface area contributed by atoms with Crippen molar-refractivity contribution in [1.82, 2.24) is 15.2 Å². The fourth-order valence-electron chi connectivity index (χ4n) is 3.97. The Balaban J connectivity index is 1.82. The molecule has 0 saturated carbocycles. The van der Waals surface area contributed by atoms with Crippen molar-refractivity contribution in [2.45, 2.75) is 39.0 Å². The number of fused-ring (bicyclic) bond motifs is 1. The molecular formula is C23H31N5O4S. The van der Waals surface area contributed by atoms with E-state index in [4.69, 9.17) is 5.14 Å². The summed E-state index contributed by atoms with van der Waals surface area (Å²) in [5.41, 5.74) is 4.59. The second-order valence-corrected chi connectivity index (χ2v) is 9.65. The third-order valence-corrected chi connectivity index (χ3v) is 6.92. The van der Waals surface area contributed by atoms with Crippen LogP contribution in [0.25, 0.3) is 11.6 Å². The fourth-order valence-corrected chi connectivity index (χ4v) is 4.51. The van der Waals surface area contributed by atoms with E-state index in [1.54, 1.807) is 6.08 Å². The van der Waals surface area contributed by atoms with Crippen molar-refractivity contribution in [3.63, 3.8) is 0 Å². The van der Waals surface area contributed by atoms with Crippen molar-refractivity contribution < 1.29 is 18.0 Å². The maximum Gasteiger partial charge on any atom is 0.256 e. The lowest BCUT2D eigenvalue weighted by Gasteiger charge is -2.18. The molecule has 0 spiro atoms. The molecule has 0 unspecified atom stereocenters. The normalized spacial score (nSPS) is 14.6. The molecular weight excluding hydrogens is 442 g/mol. The third kappa shape index (κ3) is 5.52. The van der Waals surface area contributed by atoms with Crippen LogP contribution in [-0.2, 0) is 26.0 Å². The highest BCUT2D eigenvalue weighted by Gasteiger charge is 2.26. The summed E-state index contributed by atoms with van der Waals surface area (Å²) in [4.78, 5) is 30.5. The van der Waals surface area contributed by atoms with Crippen molar-refractivity contribution in [2.75, 3.05) is 31.5 Å². The van der Waals surface area contributed by atoms with Crippen LogP contribution in [0.4, 0.5) is 5.69 Å². The first-order chi connectivity index (χ1) is 15.5. The number of hydrogen-bond acceptors (Lipinski definition) is 5. The van der Waals surface area contributed by atoms with E-state index in [2.05, 4.69) is 34.4 Å². The number of aromatic amines is 1. The number of likely N-dealkylation sites (N-methyl/N-ethyl adjacent to an activating group) is 1. The summed E-state index contributed by atoms with van der Waals surface area (Å²) in [6.07, 6.45) is 1.91. The number of nitrogens with two attached hydrogens (primary N) is 1. The number of H-pyrrole nitrogens is 1. The monoisotopic (exact) mass is 473 g/mol. The number of carbonyl (C=O) groups is 2. The van der Waals surface area contributed by atoms with Crippen LogP contribution >= 0.6 is 0 Å². The van der Waals surface area contributed by atoms with Crippen molar-refractivity contribution in [3.8, 4) is 0 Å². The first kappa shape index (κ1) is 24.7. The summed E-state index contributed by atoms with van der Waals surface area (Å²) < 4.78 is 23.5. The van der Waals surface area contributed by atoms with Gasteiger partial charge in [0.15, 0.2) is 0 Å². The molecule has 178 valence electrons. The van der Waals surface area contributed by atoms with Crippen LogP contribution in [0.15, 0.2) is 23.1 Å². The number of rotatable bonds is 9. The van der Waals surface area contributed by atoms with Gasteiger partial charge in [-0.3, -0.25) is 9.59 Å². The standard InChI is InChI=1S/C23H31N5O4S/c1-5-28(6-2)10-9-25-22(29)13-17-14(3)21(26-15(17)4)12-19-18-11-16(33(24,31)32)7-8-20(18)27-23(19)30/h7-8,11-12,26H,5-6,9-10,13H2,1-4H3,(H,25,29)(H,27,30)(H2,24,31,32)/b19-12-. The lowest BCUT2D eigenvalue weighted by atomic mass is 10.0. The predicted molar refractivity (Wildman–Crippen MR) is 129 cm³/mol. The lowest BCUT2D eigenvalue weighted by molar-refractivity contribution is -0.120. The Hall–Kier alpha value is -2.95. The first-order valence-corrected chi connectivity index (χ1v) is 12.5. The Morgan fingerprint density at radius 1 is 1.21 bits per heavy atom. The Bertz CT molecular complexity index is 1210. The second-order valence-electron chi connectivity index (χ2n) is 8.09. The molecule has 9 nitrogen and oxygen atoms in total. The van der Waals surface area contributed by atoms with E-state index in [-0.39, 0.29) is 23.1 Å². The van der Waals surface area contributed by atoms with E-state index >= 15 is 0 Å². The smallest absolute Gasteiger partial charge is 0.256 e. The summed E-state index contributed by atoms with van der Waals surface area (Å²) in [7, 11) is -3.90. The summed E-state index contributed by atoms with van der Waals surface area (Å²) in [6.45, 7) is 11.2. The molecule has 2 heterocycles. The number of anilines is 1. The van der Waals surface area contributed by atoms with Crippen molar-refractivity contribution in [1.29, 1.82) is 0 Å². The molecule has 1 aromatic carbocycles. The van der Waals surface area contributed by atoms with Crippen LogP contribution in [0.1, 0.15) is 41.9 Å². The average molecular weight is 474 g/mol. The zero-order chi connectivity index (χ0) is 24.3. The number of nitrogens with zero attached hydrogens (tertiary/aromatic N) is 1. The van der Waals surface area contributed by atoms with E-state index in [1.807, 2.05) is 13.8 Å². The summed E-state index contributed by atoms with van der Waals surface area (Å²) >= 11 is 0. The molecule has 5 N–H and O–H groups in total. The summed E-state index contributed by atoms with van der Waals surface area (Å²) in [5.74, 6) is -0.396. The topological polar surface area (TPSA) is 137 Å². The molecule has 2 amide bonds. The molecule has 3 rings (SSSR count). The molecule has 2 aromatic rings. The zero-order valence-corrected chi connectivity index (χ0v) is 20.2. The number of benzene rings is 1. The maximum absolute atomic E-state index is 12.6. The van der Waals surface area contributed by atoms with Gasteiger partial charge in [0, 0.05) is 35.7 Å². The van der Waals surface area contributed by atoms with E-state index in [9.17, 15) is 18.0 Å². The Morgan fingerprint density at radius 3 is 2.55 bits per heavy atom. The number of aryl methyl sites for hydroxylation is 1. The van der Waals surface area contributed by atoms with Gasteiger partial charge in [-0.05, 0) is 62.3 Å². The van der Waals surface area contributed by atoms with Gasteiger partial charge in [0.2, 0.25) is 15.9 Å². The van der Waals surface area contributed by atoms with Crippen molar-refractivity contribution >= 4 is 39.2 Å². The van der Waals surface area contributed by atoms with Crippen LogP contribution in [0, 0.1) is 13.8 Å². The molecule has 1 aromatic heterocycles. The van der Waals surface area contributed by atoms with Gasteiger partial charge in [0.25, 0.3) is 5.91 Å². The summed E-state index contributed by atoms with van der Waals surface area (Å²) in [5, 5.41) is 10.9. The molecule has 0 aliphatic carbocycles. The maximum atomic E-state index is 12.6. The van der Waals surface area contributed by atoms with E-state index in [1.165, 1.54) is 18.2 Å². The lowest BCUT2D eigenvalue weighted by Crippen LogP contribution is -2.35. The minimum Gasteiger partial charge on any atom is -0.359 e. The predicted octanol–water partition coefficient (Wildman–Crippen LogP) is 1.77. The Kier molecular flexibility index (Phi) is 7.41. The number of nitrogens with one attached hydrogen (secondary N) is 3. The highest BCUT2D eigenvalue weighted by molar-refractivity contribution is 7.89. The largest absolute Gasteiger partial charge is 0.359 e. The highest BCUT2D eigenvalue weighted by atomic mass is 32.2. The van der Waals surface area contributed by atoms with E-state index in [0.717, 1.165) is 36.5 Å². The van der Waals surface area contributed by atoms with Gasteiger partial charge < -0.3 is 20.5 Å². The quantitative estimate of drug-likeness (QED) is 0.411. The number of hydrogen-bond donors (Lipinski definition) is 4. The second kappa shape index (κ2) is 9.90. The Morgan fingerprint density at radius 2 is 1.91 bits per heavy atom. The number of sulfonamides is 1. The van der Waals surface area contributed by atoms with Crippen LogP contribution in [0.3, 0.4) is 0 Å². The van der Waals surface area contributed by atoms with Gasteiger partial charge in [-0.25, -0.2) is 13.6 Å². The first-order valence-electron chi connectivity index (χ1n) is 10.9. The van der Waals surface area contributed by atoms with Crippen LogP contribution in [-0.4, -0.2) is 56.3 Å². The van der Waals surface area contributed by atoms with E-state index in [0.29, 0.717) is 29.1 Å². The van der Waals surface area contributed by atoms with Gasteiger partial charge in [-0.2, -0.15) is 0 Å². The van der Waals surface area contributed by atoms with Crippen LogP contribution < -0.4 is 15.8 Å². The van der Waals surface area contributed by atoms with Gasteiger partial charge in [-0.15, -0.1) is 0 Å². The number of amides is 2. The molecule has 0 saturated heterocycles. The van der Waals surface area contributed by atoms with E-state index < -0.39 is 10.0 Å². The molecule has 33 heavy (non-hydrogen) atoms. The minimum absolute atomic E-state index is 0.0618. The fraction of sp³-hybridized carbons (Fsp3) is 0.391. The average Bonchev–Trinajstić information content (AvgIpc) is 3.20. The zero-order valence-electron chi connectivity index (χ0n) is 19.4. The van der Waals surface area contributed by atoms with Crippen molar-refractivity contribution in [3.05, 3.63) is 46.3 Å². The molecule has 0 fully saturated rings. The SMILES string of the molecule is CCN(CC)CCNC(=O)Cc1c(C)[nH]c(/C=C2\C(=O)Nc3ccc(S(N)(=O)=O)cc32)c1C. The third-order valence-electron chi connectivity index (χ3n) is 6.00. The molecule has 1 aliphatic heterocycles. The Labute approximate surface area is 194 Å². The number of aromatic nitrogens is 1. The minimum atomic E-state index is -3.90.